The highest BCUT2D eigenvalue weighted by Gasteiger charge is 2.21. The molecule has 0 spiro atoms. The number of ether oxygens (including phenoxy) is 4. The SMILES string of the molecule is C=CCO[C@@H](CCCCCC(=O)OC)C(=O)Nc1cc(CNC(C)=O)ccc1OCc1cc(C=C)cc(OC)c1. The average Bonchev–Trinajstić information content (AvgIpc) is 2.96. The summed E-state index contributed by atoms with van der Waals surface area (Å²) in [6.07, 6.45) is 5.52. The lowest BCUT2D eigenvalue weighted by atomic mass is 10.1. The van der Waals surface area contributed by atoms with Crippen LogP contribution in [-0.4, -0.2) is 44.7 Å². The van der Waals surface area contributed by atoms with E-state index in [9.17, 15) is 14.4 Å². The lowest BCUT2D eigenvalue weighted by Gasteiger charge is -2.19. The minimum atomic E-state index is -0.725. The van der Waals surface area contributed by atoms with Crippen LogP contribution >= 0.6 is 0 Å². The highest BCUT2D eigenvalue weighted by molar-refractivity contribution is 5.95. The number of rotatable bonds is 18. The van der Waals surface area contributed by atoms with Crippen LogP contribution in [-0.2, 0) is 37.0 Å². The molecule has 0 saturated heterocycles. The molecule has 0 aromatic heterocycles. The van der Waals surface area contributed by atoms with E-state index in [1.165, 1.54) is 14.0 Å². The van der Waals surface area contributed by atoms with E-state index in [2.05, 4.69) is 28.5 Å². The van der Waals surface area contributed by atoms with Crippen LogP contribution in [0.1, 0.15) is 55.7 Å². The Bertz CT molecular complexity index is 1160. The summed E-state index contributed by atoms with van der Waals surface area (Å²) in [7, 11) is 2.96. The Labute approximate surface area is 236 Å². The van der Waals surface area contributed by atoms with E-state index in [-0.39, 0.29) is 31.0 Å². The first kappa shape index (κ1) is 32.1. The normalized spacial score (nSPS) is 11.2. The molecule has 40 heavy (non-hydrogen) atoms. The van der Waals surface area contributed by atoms with Crippen LogP contribution < -0.4 is 20.1 Å². The Morgan fingerprint density at radius 3 is 2.48 bits per heavy atom. The number of hydrogen-bond donors (Lipinski definition) is 2. The van der Waals surface area contributed by atoms with Crippen molar-refractivity contribution in [2.75, 3.05) is 26.1 Å². The van der Waals surface area contributed by atoms with Crippen LogP contribution in [0.4, 0.5) is 5.69 Å². The zero-order valence-corrected chi connectivity index (χ0v) is 23.6. The van der Waals surface area contributed by atoms with Crippen LogP contribution in [0.25, 0.3) is 6.08 Å². The first-order valence-corrected chi connectivity index (χ1v) is 13.2. The Morgan fingerprint density at radius 2 is 1.80 bits per heavy atom. The monoisotopic (exact) mass is 552 g/mol. The van der Waals surface area contributed by atoms with E-state index < -0.39 is 6.10 Å². The van der Waals surface area contributed by atoms with Crippen molar-refractivity contribution in [3.05, 3.63) is 72.3 Å². The first-order valence-electron chi connectivity index (χ1n) is 13.2. The van der Waals surface area contributed by atoms with E-state index >= 15 is 0 Å². The Hall–Kier alpha value is -4.11. The van der Waals surface area contributed by atoms with Gasteiger partial charge in [-0.2, -0.15) is 0 Å². The van der Waals surface area contributed by atoms with Gasteiger partial charge >= 0.3 is 5.97 Å². The van der Waals surface area contributed by atoms with Gasteiger partial charge in [-0.05, 0) is 59.9 Å². The molecule has 0 aliphatic heterocycles. The summed E-state index contributed by atoms with van der Waals surface area (Å²) in [4.78, 5) is 36.1. The second kappa shape index (κ2) is 17.5. The molecular formula is C31H40N2O7. The van der Waals surface area contributed by atoms with Crippen molar-refractivity contribution in [1.29, 1.82) is 0 Å². The largest absolute Gasteiger partial charge is 0.497 e. The number of hydrogen-bond acceptors (Lipinski definition) is 7. The number of amides is 2. The van der Waals surface area contributed by atoms with Crippen LogP contribution in [0.5, 0.6) is 11.5 Å². The minimum Gasteiger partial charge on any atom is -0.497 e. The van der Waals surface area contributed by atoms with Crippen molar-refractivity contribution in [2.45, 2.75) is 58.3 Å². The van der Waals surface area contributed by atoms with Gasteiger partial charge in [0.25, 0.3) is 5.91 Å². The predicted octanol–water partition coefficient (Wildman–Crippen LogP) is 5.19. The molecule has 9 nitrogen and oxygen atoms in total. The van der Waals surface area contributed by atoms with Crippen molar-refractivity contribution in [3.63, 3.8) is 0 Å². The molecule has 1 atom stereocenters. The summed E-state index contributed by atoms with van der Waals surface area (Å²) in [5.41, 5.74) is 3.01. The van der Waals surface area contributed by atoms with Gasteiger partial charge < -0.3 is 29.6 Å². The maximum absolute atomic E-state index is 13.3. The van der Waals surface area contributed by atoms with Crippen LogP contribution in [0.2, 0.25) is 0 Å². The van der Waals surface area contributed by atoms with Gasteiger partial charge in [0.2, 0.25) is 5.91 Å². The van der Waals surface area contributed by atoms with Gasteiger partial charge in [0.1, 0.15) is 24.2 Å². The van der Waals surface area contributed by atoms with Crippen LogP contribution in [0.15, 0.2) is 55.6 Å². The topological polar surface area (TPSA) is 112 Å². The standard InChI is InChI=1S/C31H40N2O7/c1-6-15-39-29(11-9-8-10-12-30(35)38-5)31(36)33-27-19-24(20-32-22(3)34)13-14-28(27)40-21-25-16-23(7-2)17-26(18-25)37-4/h6-7,13-14,16-19,29H,1-2,8-12,15,20-21H2,3-5H3,(H,32,34)(H,33,36)/t29-/m0/s1. The van der Waals surface area contributed by atoms with E-state index in [1.807, 2.05) is 24.3 Å². The average molecular weight is 553 g/mol. The van der Waals surface area contributed by atoms with Crippen molar-refractivity contribution in [2.24, 2.45) is 0 Å². The minimum absolute atomic E-state index is 0.160. The number of unbranched alkanes of at least 4 members (excludes halogenated alkanes) is 2. The fourth-order valence-corrected chi connectivity index (χ4v) is 3.87. The first-order chi connectivity index (χ1) is 19.3. The number of esters is 1. The number of methoxy groups -OCH3 is 2. The number of nitrogens with one attached hydrogen (secondary N) is 2. The number of carbonyl (C=O) groups is 3. The molecule has 0 fully saturated rings. The maximum Gasteiger partial charge on any atom is 0.305 e. The second-order valence-corrected chi connectivity index (χ2v) is 9.12. The fraction of sp³-hybridized carbons (Fsp3) is 0.387. The molecule has 2 rings (SSSR count). The third-order valence-electron chi connectivity index (χ3n) is 5.98. The molecule has 2 amide bonds. The molecule has 2 aromatic rings. The highest BCUT2D eigenvalue weighted by atomic mass is 16.5. The zero-order valence-electron chi connectivity index (χ0n) is 23.6. The summed E-state index contributed by atoms with van der Waals surface area (Å²) in [6.45, 7) is 9.68. The Morgan fingerprint density at radius 1 is 1.00 bits per heavy atom. The Kier molecular flexibility index (Phi) is 14.0. The third kappa shape index (κ3) is 11.3. The Balaban J connectivity index is 2.19. The zero-order chi connectivity index (χ0) is 29.3. The summed E-state index contributed by atoms with van der Waals surface area (Å²) >= 11 is 0. The third-order valence-corrected chi connectivity index (χ3v) is 5.98. The maximum atomic E-state index is 13.3. The molecule has 216 valence electrons. The highest BCUT2D eigenvalue weighted by Crippen LogP contribution is 2.28. The van der Waals surface area contributed by atoms with Crippen LogP contribution in [0.3, 0.4) is 0 Å². The molecule has 9 heteroatoms. The van der Waals surface area contributed by atoms with Crippen molar-refractivity contribution in [3.8, 4) is 11.5 Å². The summed E-state index contributed by atoms with van der Waals surface area (Å²) in [6, 6.07) is 11.0. The van der Waals surface area contributed by atoms with Gasteiger partial charge in [-0.15, -0.1) is 6.58 Å². The molecule has 0 aliphatic carbocycles. The molecular weight excluding hydrogens is 512 g/mol. The van der Waals surface area contributed by atoms with E-state index in [0.717, 1.165) is 23.1 Å². The fourth-order valence-electron chi connectivity index (χ4n) is 3.87. The quantitative estimate of drug-likeness (QED) is 0.149. The summed E-state index contributed by atoms with van der Waals surface area (Å²) < 4.78 is 21.9. The van der Waals surface area contributed by atoms with Crippen molar-refractivity contribution < 1.29 is 33.3 Å². The van der Waals surface area contributed by atoms with Gasteiger partial charge in [0.05, 0.1) is 26.5 Å². The molecule has 0 heterocycles. The summed E-state index contributed by atoms with van der Waals surface area (Å²) in [5, 5.41) is 5.71. The molecule has 0 bridgehead atoms. The molecule has 0 radical (unpaired) electrons. The molecule has 0 aliphatic rings. The smallest absolute Gasteiger partial charge is 0.305 e. The van der Waals surface area contributed by atoms with Gasteiger partial charge in [-0.3, -0.25) is 14.4 Å². The van der Waals surface area contributed by atoms with Crippen molar-refractivity contribution in [1.82, 2.24) is 5.32 Å². The van der Waals surface area contributed by atoms with Crippen LogP contribution in [0, 0.1) is 0 Å². The second-order valence-electron chi connectivity index (χ2n) is 9.12. The van der Waals surface area contributed by atoms with Gasteiger partial charge in [0.15, 0.2) is 0 Å². The predicted molar refractivity (Wildman–Crippen MR) is 155 cm³/mol. The van der Waals surface area contributed by atoms with Gasteiger partial charge in [0, 0.05) is 19.9 Å². The van der Waals surface area contributed by atoms with Crippen molar-refractivity contribution >= 4 is 29.5 Å². The molecule has 0 saturated carbocycles. The summed E-state index contributed by atoms with van der Waals surface area (Å²) in [5.74, 6) is 0.407. The van der Waals surface area contributed by atoms with E-state index in [1.54, 1.807) is 31.4 Å². The van der Waals surface area contributed by atoms with E-state index in [4.69, 9.17) is 14.2 Å². The molecule has 2 aromatic carbocycles. The lowest BCUT2D eigenvalue weighted by molar-refractivity contribution is -0.140. The molecule has 2 N–H and O–H groups in total. The van der Waals surface area contributed by atoms with E-state index in [0.29, 0.717) is 49.4 Å². The number of benzene rings is 2. The lowest BCUT2D eigenvalue weighted by Crippen LogP contribution is -2.31. The van der Waals surface area contributed by atoms with Gasteiger partial charge in [-0.25, -0.2) is 0 Å². The van der Waals surface area contributed by atoms with Gasteiger partial charge in [-0.1, -0.05) is 37.6 Å². The number of anilines is 1. The number of carbonyl (C=O) groups excluding carboxylic acids is 3. The molecule has 0 unspecified atom stereocenters.